The summed E-state index contributed by atoms with van der Waals surface area (Å²) in [7, 11) is 0. The second-order valence-electron chi connectivity index (χ2n) is 10.2. The summed E-state index contributed by atoms with van der Waals surface area (Å²) >= 11 is 6.42. The molecule has 2 atom stereocenters. The van der Waals surface area contributed by atoms with Gasteiger partial charge in [0.05, 0.1) is 13.1 Å². The number of amides is 1. The predicted molar refractivity (Wildman–Crippen MR) is 134 cm³/mol. The van der Waals surface area contributed by atoms with E-state index in [0.29, 0.717) is 24.2 Å². The summed E-state index contributed by atoms with van der Waals surface area (Å²) in [6.45, 7) is 5.73. The molecule has 2 aromatic carbocycles. The summed E-state index contributed by atoms with van der Waals surface area (Å²) in [6.07, 6.45) is 5.72. The van der Waals surface area contributed by atoms with E-state index in [1.165, 1.54) is 16.7 Å². The van der Waals surface area contributed by atoms with E-state index in [0.717, 1.165) is 38.2 Å². The van der Waals surface area contributed by atoms with Crippen LogP contribution < -0.4 is 10.2 Å². The lowest BCUT2D eigenvalue weighted by atomic mass is 9.79. The smallest absolute Gasteiger partial charge is 0.241 e. The van der Waals surface area contributed by atoms with Crippen molar-refractivity contribution in [2.75, 3.05) is 31.1 Å². The minimum Gasteiger partial charge on any atom is -0.311 e. The molecule has 1 fully saturated rings. The molecule has 1 amide bonds. The second kappa shape index (κ2) is 8.52. The fraction of sp³-hybridized carbons (Fsp3) is 0.407. The molecule has 0 radical (unpaired) electrons. The number of benzene rings is 2. The van der Waals surface area contributed by atoms with Crippen molar-refractivity contribution in [3.8, 4) is 0 Å². The highest BCUT2D eigenvalue weighted by Gasteiger charge is 2.48. The Balaban J connectivity index is 1.26. The minimum atomic E-state index is -0.0650. The zero-order valence-electron chi connectivity index (χ0n) is 19.5. The molecule has 7 heteroatoms. The first-order chi connectivity index (χ1) is 16.5. The normalized spacial score (nSPS) is 23.3. The van der Waals surface area contributed by atoms with E-state index >= 15 is 0 Å². The number of aromatic nitrogens is 2. The Bertz CT molecular complexity index is 1180. The van der Waals surface area contributed by atoms with Crippen LogP contribution in [0.25, 0.3) is 0 Å². The zero-order chi connectivity index (χ0) is 23.3. The van der Waals surface area contributed by atoms with Crippen LogP contribution in [0.15, 0.2) is 60.9 Å². The maximum Gasteiger partial charge on any atom is 0.241 e. The van der Waals surface area contributed by atoms with Gasteiger partial charge in [-0.25, -0.2) is 0 Å². The highest BCUT2D eigenvalue weighted by Crippen LogP contribution is 2.49. The molecule has 6 rings (SSSR count). The number of carbonyl (C=O) groups excluding carboxylic acids is 1. The number of rotatable bonds is 4. The molecule has 0 unspecified atom stereocenters. The molecule has 1 aliphatic carbocycles. The average molecular weight is 476 g/mol. The summed E-state index contributed by atoms with van der Waals surface area (Å²) in [4.78, 5) is 18.2. The van der Waals surface area contributed by atoms with Crippen molar-refractivity contribution >= 4 is 23.2 Å². The third kappa shape index (κ3) is 3.84. The minimum absolute atomic E-state index is 0.0650. The van der Waals surface area contributed by atoms with Gasteiger partial charge in [-0.15, -0.1) is 0 Å². The van der Waals surface area contributed by atoms with Gasteiger partial charge >= 0.3 is 0 Å². The number of carbonyl (C=O) groups is 1. The molecule has 3 aromatic rings. The molecule has 6 nitrogen and oxygen atoms in total. The number of halogens is 1. The Labute approximate surface area is 205 Å². The van der Waals surface area contributed by atoms with E-state index in [9.17, 15) is 4.79 Å². The van der Waals surface area contributed by atoms with E-state index in [1.807, 2.05) is 34.0 Å². The van der Waals surface area contributed by atoms with Crippen LogP contribution in [0.5, 0.6) is 0 Å². The van der Waals surface area contributed by atoms with Crippen LogP contribution in [0.2, 0.25) is 5.02 Å². The number of anilines is 1. The van der Waals surface area contributed by atoms with Gasteiger partial charge in [-0.1, -0.05) is 41.9 Å². The Morgan fingerprint density at radius 3 is 2.71 bits per heavy atom. The van der Waals surface area contributed by atoms with Gasteiger partial charge in [0.1, 0.15) is 0 Å². The SMILES string of the molecule is C[C@@H]1CN(CC(=O)N2CC3(Cc4ccccc4C3)c3ccc(Cl)cc32)[C@@H](Cn2cccn2)CN1. The standard InChI is InChI=1S/C27H30ClN5O/c1-19-15-31(23(14-29-19)16-32-10-4-9-30-32)17-26(34)33-18-27(24-8-7-22(28)11-25(24)33)12-20-5-2-3-6-21(20)13-27/h2-11,19,23,29H,12-18H2,1H3/t19-,23-/m1/s1. The number of hydrogen-bond acceptors (Lipinski definition) is 4. The van der Waals surface area contributed by atoms with Crippen molar-refractivity contribution in [3.05, 3.63) is 82.6 Å². The molecular weight excluding hydrogens is 446 g/mol. The van der Waals surface area contributed by atoms with E-state index in [2.05, 4.69) is 52.6 Å². The van der Waals surface area contributed by atoms with Crippen LogP contribution in [0.3, 0.4) is 0 Å². The fourth-order valence-corrected chi connectivity index (χ4v) is 6.32. The van der Waals surface area contributed by atoms with Gasteiger partial charge in [0, 0.05) is 60.2 Å². The predicted octanol–water partition coefficient (Wildman–Crippen LogP) is 3.28. The Hall–Kier alpha value is -2.67. The first-order valence-corrected chi connectivity index (χ1v) is 12.5. The third-order valence-electron chi connectivity index (χ3n) is 7.78. The van der Waals surface area contributed by atoms with Gasteiger partial charge in [0.25, 0.3) is 0 Å². The number of nitrogens with one attached hydrogen (secondary N) is 1. The van der Waals surface area contributed by atoms with Crippen LogP contribution in [0.4, 0.5) is 5.69 Å². The van der Waals surface area contributed by atoms with Crippen LogP contribution >= 0.6 is 11.6 Å². The Morgan fingerprint density at radius 2 is 1.97 bits per heavy atom. The highest BCUT2D eigenvalue weighted by atomic mass is 35.5. The summed E-state index contributed by atoms with van der Waals surface area (Å²) in [5.74, 6) is 0.149. The van der Waals surface area contributed by atoms with Crippen LogP contribution in [-0.2, 0) is 29.6 Å². The monoisotopic (exact) mass is 475 g/mol. The lowest BCUT2D eigenvalue weighted by Crippen LogP contribution is -2.59. The molecule has 3 heterocycles. The summed E-state index contributed by atoms with van der Waals surface area (Å²) in [5.41, 5.74) is 4.96. The molecule has 3 aliphatic rings. The number of piperazine rings is 1. The lowest BCUT2D eigenvalue weighted by molar-refractivity contribution is -0.120. The van der Waals surface area contributed by atoms with Gasteiger partial charge in [-0.2, -0.15) is 5.10 Å². The maximum atomic E-state index is 13.9. The number of nitrogens with zero attached hydrogens (tertiary/aromatic N) is 4. The third-order valence-corrected chi connectivity index (χ3v) is 8.02. The van der Waals surface area contributed by atoms with E-state index in [1.54, 1.807) is 6.20 Å². The maximum absolute atomic E-state index is 13.9. The quantitative estimate of drug-likeness (QED) is 0.629. The molecule has 2 aliphatic heterocycles. The van der Waals surface area contributed by atoms with Gasteiger partial charge in [-0.3, -0.25) is 14.4 Å². The lowest BCUT2D eigenvalue weighted by Gasteiger charge is -2.39. The topological polar surface area (TPSA) is 53.4 Å². The van der Waals surface area contributed by atoms with Crippen LogP contribution in [0.1, 0.15) is 23.6 Å². The molecule has 0 saturated carbocycles. The van der Waals surface area contributed by atoms with Crippen molar-refractivity contribution in [1.82, 2.24) is 20.0 Å². The van der Waals surface area contributed by atoms with E-state index in [-0.39, 0.29) is 17.4 Å². The van der Waals surface area contributed by atoms with Crippen molar-refractivity contribution in [3.63, 3.8) is 0 Å². The number of hydrogen-bond donors (Lipinski definition) is 1. The van der Waals surface area contributed by atoms with Crippen molar-refractivity contribution in [2.45, 2.75) is 43.8 Å². The molecule has 0 bridgehead atoms. The fourth-order valence-electron chi connectivity index (χ4n) is 6.16. The van der Waals surface area contributed by atoms with Crippen LogP contribution in [-0.4, -0.2) is 58.9 Å². The van der Waals surface area contributed by atoms with Gasteiger partial charge in [-0.05, 0) is 54.7 Å². The molecule has 34 heavy (non-hydrogen) atoms. The molecular formula is C27H30ClN5O. The van der Waals surface area contributed by atoms with Gasteiger partial charge in [0.2, 0.25) is 5.91 Å². The number of fused-ring (bicyclic) bond motifs is 3. The molecule has 1 spiro atoms. The molecule has 1 saturated heterocycles. The van der Waals surface area contributed by atoms with Gasteiger partial charge in [0.15, 0.2) is 0 Å². The van der Waals surface area contributed by atoms with Gasteiger partial charge < -0.3 is 10.2 Å². The summed E-state index contributed by atoms with van der Waals surface area (Å²) < 4.78 is 1.95. The summed E-state index contributed by atoms with van der Waals surface area (Å²) in [6, 6.07) is 17.3. The van der Waals surface area contributed by atoms with Crippen molar-refractivity contribution in [1.29, 1.82) is 0 Å². The first kappa shape index (κ1) is 21.8. The average Bonchev–Trinajstić information content (AvgIpc) is 3.53. The second-order valence-corrected chi connectivity index (χ2v) is 10.6. The molecule has 1 N–H and O–H groups in total. The molecule has 1 aromatic heterocycles. The zero-order valence-corrected chi connectivity index (χ0v) is 20.2. The Kier molecular flexibility index (Phi) is 5.47. The van der Waals surface area contributed by atoms with Crippen molar-refractivity contribution < 1.29 is 4.79 Å². The van der Waals surface area contributed by atoms with Crippen molar-refractivity contribution in [2.24, 2.45) is 0 Å². The Morgan fingerprint density at radius 1 is 1.18 bits per heavy atom. The summed E-state index contributed by atoms with van der Waals surface area (Å²) in [5, 5.41) is 8.62. The highest BCUT2D eigenvalue weighted by molar-refractivity contribution is 6.31. The molecule has 176 valence electrons. The van der Waals surface area contributed by atoms with E-state index in [4.69, 9.17) is 11.6 Å². The first-order valence-electron chi connectivity index (χ1n) is 12.1. The van der Waals surface area contributed by atoms with E-state index < -0.39 is 0 Å². The van der Waals surface area contributed by atoms with Crippen LogP contribution in [0, 0.1) is 0 Å². The largest absolute Gasteiger partial charge is 0.311 e.